The largest absolute Gasteiger partial charge is 0.342 e. The van der Waals surface area contributed by atoms with Gasteiger partial charge in [-0.25, -0.2) is 4.39 Å². The molecule has 0 aliphatic heterocycles. The van der Waals surface area contributed by atoms with Gasteiger partial charge in [0.15, 0.2) is 0 Å². The van der Waals surface area contributed by atoms with Crippen LogP contribution >= 0.6 is 11.6 Å². The molecular formula is C25H18ClFN2. The average molecular weight is 401 g/mol. The van der Waals surface area contributed by atoms with E-state index >= 15 is 0 Å². The minimum atomic E-state index is -0.245. The first-order chi connectivity index (χ1) is 14.0. The summed E-state index contributed by atoms with van der Waals surface area (Å²) >= 11 is 6.22. The number of aryl methyl sites for hydroxylation is 1. The van der Waals surface area contributed by atoms with Gasteiger partial charge in [0, 0.05) is 27.7 Å². The van der Waals surface area contributed by atoms with Crippen LogP contribution in [0.15, 0.2) is 72.9 Å². The molecule has 0 spiro atoms. The molecule has 0 radical (unpaired) electrons. The average Bonchev–Trinajstić information content (AvgIpc) is 3.05. The van der Waals surface area contributed by atoms with E-state index in [0.29, 0.717) is 22.7 Å². The van der Waals surface area contributed by atoms with Gasteiger partial charge in [-0.05, 0) is 36.8 Å². The molecule has 0 aliphatic carbocycles. The summed E-state index contributed by atoms with van der Waals surface area (Å²) in [5.74, 6) is -0.245. The van der Waals surface area contributed by atoms with E-state index in [1.54, 1.807) is 12.1 Å². The number of aromatic nitrogens is 1. The number of hydrogen-bond donors (Lipinski definition) is 0. The van der Waals surface area contributed by atoms with Gasteiger partial charge in [0.1, 0.15) is 5.82 Å². The van der Waals surface area contributed by atoms with Crippen LogP contribution in [0.4, 0.5) is 4.39 Å². The second-order valence-electron chi connectivity index (χ2n) is 7.00. The lowest BCUT2D eigenvalue weighted by atomic mass is 10.0. The Kier molecular flexibility index (Phi) is 5.20. The molecule has 4 heteroatoms. The van der Waals surface area contributed by atoms with Gasteiger partial charge in [0.25, 0.3) is 0 Å². The fourth-order valence-electron chi connectivity index (χ4n) is 3.42. The van der Waals surface area contributed by atoms with E-state index in [0.717, 1.165) is 27.6 Å². The van der Waals surface area contributed by atoms with E-state index in [1.807, 2.05) is 72.3 Å². The first kappa shape index (κ1) is 19.0. The van der Waals surface area contributed by atoms with Crippen LogP contribution in [-0.4, -0.2) is 4.57 Å². The zero-order chi connectivity index (χ0) is 20.4. The molecule has 0 saturated carbocycles. The Bertz CT molecular complexity index is 1260. The molecular weight excluding hydrogens is 383 g/mol. The first-order valence-corrected chi connectivity index (χ1v) is 9.63. The standard InChI is InChI=1S/C25H18ClFN2/c1-17-6-8-18(9-7-17)20(14-28)12-21-16-29(15-19-4-2-3-5-24(19)27)25-13-22(26)10-11-23(21)25/h2-13,16H,15H2,1H3/b20-12+. The zero-order valence-corrected chi connectivity index (χ0v) is 16.6. The molecule has 1 heterocycles. The normalized spacial score (nSPS) is 11.6. The van der Waals surface area contributed by atoms with Crippen LogP contribution < -0.4 is 0 Å². The van der Waals surface area contributed by atoms with Crippen molar-refractivity contribution in [2.24, 2.45) is 0 Å². The Balaban J connectivity index is 1.84. The molecule has 0 unspecified atom stereocenters. The number of benzene rings is 3. The van der Waals surface area contributed by atoms with Crippen molar-refractivity contribution in [1.29, 1.82) is 5.26 Å². The summed E-state index contributed by atoms with van der Waals surface area (Å²) < 4.78 is 16.2. The minimum Gasteiger partial charge on any atom is -0.342 e. The molecule has 0 atom stereocenters. The lowest BCUT2D eigenvalue weighted by Crippen LogP contribution is -2.00. The topological polar surface area (TPSA) is 28.7 Å². The van der Waals surface area contributed by atoms with Gasteiger partial charge < -0.3 is 4.57 Å². The van der Waals surface area contributed by atoms with Crippen LogP contribution in [0.25, 0.3) is 22.6 Å². The fraction of sp³-hybridized carbons (Fsp3) is 0.0800. The third-order valence-electron chi connectivity index (χ3n) is 4.96. The predicted octanol–water partition coefficient (Wildman–Crippen LogP) is 6.85. The Hall–Kier alpha value is -3.35. The van der Waals surface area contributed by atoms with Crippen molar-refractivity contribution in [1.82, 2.24) is 4.57 Å². The summed E-state index contributed by atoms with van der Waals surface area (Å²) in [5, 5.41) is 11.3. The van der Waals surface area contributed by atoms with E-state index in [2.05, 4.69) is 6.07 Å². The zero-order valence-electron chi connectivity index (χ0n) is 15.9. The van der Waals surface area contributed by atoms with Gasteiger partial charge in [0.2, 0.25) is 0 Å². The van der Waals surface area contributed by atoms with Crippen molar-refractivity contribution in [3.05, 3.63) is 106 Å². The monoisotopic (exact) mass is 400 g/mol. The van der Waals surface area contributed by atoms with Crippen LogP contribution in [0.2, 0.25) is 5.02 Å². The summed E-state index contributed by atoms with van der Waals surface area (Å²) in [6, 6.07) is 22.5. The van der Waals surface area contributed by atoms with Crippen molar-refractivity contribution in [2.75, 3.05) is 0 Å². The van der Waals surface area contributed by atoms with Gasteiger partial charge in [-0.3, -0.25) is 0 Å². The van der Waals surface area contributed by atoms with E-state index in [1.165, 1.54) is 6.07 Å². The fourth-order valence-corrected chi connectivity index (χ4v) is 3.58. The lowest BCUT2D eigenvalue weighted by molar-refractivity contribution is 0.602. The number of fused-ring (bicyclic) bond motifs is 1. The van der Waals surface area contributed by atoms with Crippen LogP contribution in [0.5, 0.6) is 0 Å². The van der Waals surface area contributed by atoms with E-state index in [-0.39, 0.29) is 5.82 Å². The van der Waals surface area contributed by atoms with Gasteiger partial charge in [-0.2, -0.15) is 5.26 Å². The third kappa shape index (κ3) is 3.94. The summed E-state index contributed by atoms with van der Waals surface area (Å²) in [6.45, 7) is 2.39. The summed E-state index contributed by atoms with van der Waals surface area (Å²) in [5.41, 5.74) is 4.96. The molecule has 4 rings (SSSR count). The van der Waals surface area contributed by atoms with Crippen LogP contribution in [0, 0.1) is 24.1 Å². The maximum absolute atomic E-state index is 14.2. The second kappa shape index (κ2) is 7.95. The quantitative estimate of drug-likeness (QED) is 0.344. The molecule has 0 bridgehead atoms. The molecule has 142 valence electrons. The van der Waals surface area contributed by atoms with Crippen molar-refractivity contribution < 1.29 is 4.39 Å². The Morgan fingerprint density at radius 3 is 2.59 bits per heavy atom. The van der Waals surface area contributed by atoms with E-state index in [4.69, 9.17) is 11.6 Å². The highest BCUT2D eigenvalue weighted by Crippen LogP contribution is 2.29. The number of allylic oxidation sites excluding steroid dienone is 1. The van der Waals surface area contributed by atoms with E-state index in [9.17, 15) is 9.65 Å². The molecule has 0 aliphatic rings. The van der Waals surface area contributed by atoms with E-state index < -0.39 is 0 Å². The molecule has 0 N–H and O–H groups in total. The Morgan fingerprint density at radius 2 is 1.86 bits per heavy atom. The Morgan fingerprint density at radius 1 is 1.10 bits per heavy atom. The highest BCUT2D eigenvalue weighted by molar-refractivity contribution is 6.31. The molecule has 0 fully saturated rings. The van der Waals surface area contributed by atoms with Crippen molar-refractivity contribution in [2.45, 2.75) is 13.5 Å². The molecule has 29 heavy (non-hydrogen) atoms. The highest BCUT2D eigenvalue weighted by Gasteiger charge is 2.11. The van der Waals surface area contributed by atoms with Crippen molar-refractivity contribution in [3.63, 3.8) is 0 Å². The maximum Gasteiger partial charge on any atom is 0.128 e. The maximum atomic E-state index is 14.2. The van der Waals surface area contributed by atoms with Gasteiger partial charge >= 0.3 is 0 Å². The molecule has 0 saturated heterocycles. The Labute approximate surface area is 174 Å². The smallest absolute Gasteiger partial charge is 0.128 e. The summed E-state index contributed by atoms with van der Waals surface area (Å²) in [6.07, 6.45) is 3.82. The second-order valence-corrected chi connectivity index (χ2v) is 7.44. The number of nitrogens with zero attached hydrogens (tertiary/aromatic N) is 2. The van der Waals surface area contributed by atoms with Gasteiger partial charge in [-0.1, -0.05) is 65.7 Å². The van der Waals surface area contributed by atoms with Gasteiger partial charge in [0.05, 0.1) is 23.7 Å². The van der Waals surface area contributed by atoms with Gasteiger partial charge in [-0.15, -0.1) is 0 Å². The first-order valence-electron chi connectivity index (χ1n) is 9.26. The number of nitriles is 1. The number of rotatable bonds is 4. The molecule has 4 aromatic rings. The third-order valence-corrected chi connectivity index (χ3v) is 5.19. The number of hydrogen-bond acceptors (Lipinski definition) is 1. The van der Waals surface area contributed by atoms with Crippen molar-refractivity contribution >= 4 is 34.2 Å². The van der Waals surface area contributed by atoms with Crippen LogP contribution in [-0.2, 0) is 6.54 Å². The van der Waals surface area contributed by atoms with Crippen molar-refractivity contribution in [3.8, 4) is 6.07 Å². The van der Waals surface area contributed by atoms with Crippen LogP contribution in [0.3, 0.4) is 0 Å². The SMILES string of the molecule is Cc1ccc(/C(C#N)=C/c2cn(Cc3ccccc3F)c3cc(Cl)ccc23)cc1. The molecule has 0 amide bonds. The molecule has 3 aromatic carbocycles. The minimum absolute atomic E-state index is 0.245. The number of halogens is 2. The lowest BCUT2D eigenvalue weighted by Gasteiger charge is -2.06. The summed E-state index contributed by atoms with van der Waals surface area (Å²) in [4.78, 5) is 0. The predicted molar refractivity (Wildman–Crippen MR) is 117 cm³/mol. The van der Waals surface area contributed by atoms with Crippen LogP contribution in [0.1, 0.15) is 22.3 Å². The summed E-state index contributed by atoms with van der Waals surface area (Å²) in [7, 11) is 0. The molecule has 2 nitrogen and oxygen atoms in total. The molecule has 1 aromatic heterocycles. The highest BCUT2D eigenvalue weighted by atomic mass is 35.5.